The third-order valence-electron chi connectivity index (χ3n) is 3.03. The van der Waals surface area contributed by atoms with Crippen LogP contribution < -0.4 is 0 Å². The minimum absolute atomic E-state index is 0.309. The topological polar surface area (TPSA) is 69.6 Å². The maximum absolute atomic E-state index is 13.2. The van der Waals surface area contributed by atoms with Crippen LogP contribution in [0.15, 0.2) is 34.9 Å². The summed E-state index contributed by atoms with van der Waals surface area (Å²) in [6.07, 6.45) is 3.33. The van der Waals surface area contributed by atoms with E-state index in [1.54, 1.807) is 23.0 Å². The van der Waals surface area contributed by atoms with Gasteiger partial charge in [0.05, 0.1) is 6.20 Å². The molecule has 0 saturated carbocycles. The third-order valence-corrected chi connectivity index (χ3v) is 3.03. The first-order chi connectivity index (χ1) is 10.3. The molecule has 0 fully saturated rings. The van der Waals surface area contributed by atoms with E-state index in [2.05, 4.69) is 27.4 Å². The lowest BCUT2D eigenvalue weighted by Crippen LogP contribution is -2.07. The van der Waals surface area contributed by atoms with Crippen LogP contribution in [0.25, 0.3) is 11.3 Å². The molecule has 0 amide bonds. The molecule has 1 aromatic carbocycles. The fourth-order valence-electron chi connectivity index (χ4n) is 2.04. The summed E-state index contributed by atoms with van der Waals surface area (Å²) in [5, 5.41) is 11.5. The molecule has 6 nitrogen and oxygen atoms in total. The van der Waals surface area contributed by atoms with Crippen molar-refractivity contribution in [2.24, 2.45) is 0 Å². The van der Waals surface area contributed by atoms with Crippen molar-refractivity contribution in [1.29, 1.82) is 0 Å². The Morgan fingerprint density at radius 1 is 1.33 bits per heavy atom. The number of oxazole rings is 1. The van der Waals surface area contributed by atoms with Crippen molar-refractivity contribution in [2.75, 3.05) is 0 Å². The highest BCUT2D eigenvalue weighted by Crippen LogP contribution is 2.21. The molecule has 21 heavy (non-hydrogen) atoms. The number of nitrogens with zero attached hydrogens (tertiary/aromatic N) is 5. The number of hydrogen-bond acceptors (Lipinski definition) is 5. The van der Waals surface area contributed by atoms with Gasteiger partial charge in [0.25, 0.3) is 0 Å². The third kappa shape index (κ3) is 2.96. The number of tetrazole rings is 1. The zero-order valence-corrected chi connectivity index (χ0v) is 11.5. The van der Waals surface area contributed by atoms with Gasteiger partial charge in [-0.25, -0.2) is 14.1 Å². The van der Waals surface area contributed by atoms with Gasteiger partial charge in [-0.3, -0.25) is 0 Å². The summed E-state index contributed by atoms with van der Waals surface area (Å²) in [6.45, 7) is 2.42. The number of halogens is 1. The van der Waals surface area contributed by atoms with E-state index in [4.69, 9.17) is 4.42 Å². The Morgan fingerprint density at radius 2 is 2.24 bits per heavy atom. The summed E-state index contributed by atoms with van der Waals surface area (Å²) in [4.78, 5) is 4.19. The predicted molar refractivity (Wildman–Crippen MR) is 72.8 cm³/mol. The Hall–Kier alpha value is -2.57. The molecule has 0 aliphatic rings. The number of hydrogen-bond donors (Lipinski definition) is 0. The molecule has 0 atom stereocenters. The Kier molecular flexibility index (Phi) is 3.72. The molecule has 7 heteroatoms. The molecule has 3 rings (SSSR count). The van der Waals surface area contributed by atoms with Gasteiger partial charge in [-0.1, -0.05) is 19.1 Å². The summed E-state index contributed by atoms with van der Waals surface area (Å²) < 4.78 is 20.5. The summed E-state index contributed by atoms with van der Waals surface area (Å²) in [6, 6.07) is 6.20. The van der Waals surface area contributed by atoms with E-state index in [0.717, 1.165) is 18.7 Å². The van der Waals surface area contributed by atoms with E-state index < -0.39 is 0 Å². The van der Waals surface area contributed by atoms with Crippen molar-refractivity contribution in [2.45, 2.75) is 26.3 Å². The van der Waals surface area contributed by atoms with Crippen LogP contribution in [0, 0.1) is 5.82 Å². The normalized spacial score (nSPS) is 11.0. The van der Waals surface area contributed by atoms with Crippen LogP contribution in [-0.4, -0.2) is 25.2 Å². The average molecular weight is 287 g/mol. The fraction of sp³-hybridized carbons (Fsp3) is 0.286. The van der Waals surface area contributed by atoms with Crippen LogP contribution in [0.3, 0.4) is 0 Å². The summed E-state index contributed by atoms with van der Waals surface area (Å²) in [5.74, 6) is 1.49. The highest BCUT2D eigenvalue weighted by Gasteiger charge is 2.11. The summed E-state index contributed by atoms with van der Waals surface area (Å²) in [5.41, 5.74) is 0.652. The van der Waals surface area contributed by atoms with Crippen LogP contribution in [0.5, 0.6) is 0 Å². The van der Waals surface area contributed by atoms with E-state index in [-0.39, 0.29) is 5.82 Å². The molecule has 108 valence electrons. The van der Waals surface area contributed by atoms with Gasteiger partial charge in [0, 0.05) is 12.0 Å². The van der Waals surface area contributed by atoms with Crippen molar-refractivity contribution in [1.82, 2.24) is 25.2 Å². The molecule has 0 bridgehead atoms. The first-order valence-corrected chi connectivity index (χ1v) is 6.72. The SMILES string of the molecule is CCCc1nnnn1Cc1ncc(-c2cccc(F)c2)o1. The lowest BCUT2D eigenvalue weighted by Gasteiger charge is -2.00. The van der Waals surface area contributed by atoms with E-state index in [9.17, 15) is 4.39 Å². The van der Waals surface area contributed by atoms with Gasteiger partial charge in [0.2, 0.25) is 5.89 Å². The molecule has 0 aliphatic heterocycles. The first kappa shape index (κ1) is 13.4. The number of aryl methyl sites for hydroxylation is 1. The molecule has 0 spiro atoms. The highest BCUT2D eigenvalue weighted by atomic mass is 19.1. The molecule has 2 heterocycles. The zero-order valence-electron chi connectivity index (χ0n) is 11.5. The lowest BCUT2D eigenvalue weighted by molar-refractivity contribution is 0.462. The fourth-order valence-corrected chi connectivity index (χ4v) is 2.04. The largest absolute Gasteiger partial charge is 0.439 e. The van der Waals surface area contributed by atoms with Crippen molar-refractivity contribution in [3.63, 3.8) is 0 Å². The Balaban J connectivity index is 1.80. The summed E-state index contributed by atoms with van der Waals surface area (Å²) >= 11 is 0. The second-order valence-corrected chi connectivity index (χ2v) is 4.63. The molecule has 3 aromatic rings. The van der Waals surface area contributed by atoms with Gasteiger partial charge >= 0.3 is 0 Å². The predicted octanol–water partition coefficient (Wildman–Crippen LogP) is 2.47. The Labute approximate surface area is 120 Å². The first-order valence-electron chi connectivity index (χ1n) is 6.72. The number of rotatable bonds is 5. The number of aromatic nitrogens is 5. The monoisotopic (exact) mass is 287 g/mol. The van der Waals surface area contributed by atoms with Crippen LogP contribution in [0.4, 0.5) is 4.39 Å². The van der Waals surface area contributed by atoms with Gasteiger partial charge in [-0.2, -0.15) is 0 Å². The van der Waals surface area contributed by atoms with Crippen molar-refractivity contribution in [3.8, 4) is 11.3 Å². The van der Waals surface area contributed by atoms with Crippen LogP contribution >= 0.6 is 0 Å². The maximum Gasteiger partial charge on any atom is 0.216 e. The zero-order chi connectivity index (χ0) is 14.7. The molecular weight excluding hydrogens is 273 g/mol. The van der Waals surface area contributed by atoms with E-state index in [1.807, 2.05) is 0 Å². The van der Waals surface area contributed by atoms with Crippen molar-refractivity contribution in [3.05, 3.63) is 48.0 Å². The molecule has 0 saturated heterocycles. The van der Waals surface area contributed by atoms with Gasteiger partial charge < -0.3 is 4.42 Å². The van der Waals surface area contributed by atoms with Crippen LogP contribution in [0.2, 0.25) is 0 Å². The molecule has 2 aromatic heterocycles. The highest BCUT2D eigenvalue weighted by molar-refractivity contribution is 5.56. The minimum Gasteiger partial charge on any atom is -0.439 e. The number of benzene rings is 1. The summed E-state index contributed by atoms with van der Waals surface area (Å²) in [7, 11) is 0. The second-order valence-electron chi connectivity index (χ2n) is 4.63. The van der Waals surface area contributed by atoms with Gasteiger partial charge in [-0.15, -0.1) is 5.10 Å². The Morgan fingerprint density at radius 3 is 3.05 bits per heavy atom. The molecule has 0 radical (unpaired) electrons. The van der Waals surface area contributed by atoms with E-state index in [0.29, 0.717) is 23.8 Å². The Bertz CT molecular complexity index is 736. The van der Waals surface area contributed by atoms with Crippen LogP contribution in [-0.2, 0) is 13.0 Å². The maximum atomic E-state index is 13.2. The van der Waals surface area contributed by atoms with E-state index >= 15 is 0 Å². The average Bonchev–Trinajstić information content (AvgIpc) is 3.10. The smallest absolute Gasteiger partial charge is 0.216 e. The molecule has 0 aliphatic carbocycles. The van der Waals surface area contributed by atoms with Gasteiger partial charge in [0.1, 0.15) is 12.4 Å². The van der Waals surface area contributed by atoms with Crippen molar-refractivity contribution < 1.29 is 8.81 Å². The molecule has 0 N–H and O–H groups in total. The second kappa shape index (κ2) is 5.82. The quantitative estimate of drug-likeness (QED) is 0.721. The molecule has 0 unspecified atom stereocenters. The molecular formula is C14H14FN5O. The van der Waals surface area contributed by atoms with E-state index in [1.165, 1.54) is 12.1 Å². The van der Waals surface area contributed by atoms with Gasteiger partial charge in [0.15, 0.2) is 11.6 Å². The minimum atomic E-state index is -0.309. The van der Waals surface area contributed by atoms with Crippen molar-refractivity contribution >= 4 is 0 Å². The standard InChI is InChI=1S/C14H14FN5O/c1-2-4-13-17-18-19-20(13)9-14-16-8-12(21-14)10-5-3-6-11(15)7-10/h3,5-8H,2,4,9H2,1H3. The van der Waals surface area contributed by atoms with Gasteiger partial charge in [-0.05, 0) is 29.0 Å². The lowest BCUT2D eigenvalue weighted by atomic mass is 10.2. The van der Waals surface area contributed by atoms with Crippen LogP contribution in [0.1, 0.15) is 25.1 Å².